The lowest BCUT2D eigenvalue weighted by atomic mass is 10.2. The highest BCUT2D eigenvalue weighted by molar-refractivity contribution is 9.10. The van der Waals surface area contributed by atoms with Gasteiger partial charge < -0.3 is 9.32 Å². The number of aryl methyl sites for hydroxylation is 1. The average Bonchev–Trinajstić information content (AvgIpc) is 3.03. The predicted molar refractivity (Wildman–Crippen MR) is 88.8 cm³/mol. The molecule has 0 bridgehead atoms. The molecule has 2 aromatic heterocycles. The van der Waals surface area contributed by atoms with Gasteiger partial charge in [0.05, 0.1) is 6.54 Å². The number of furan rings is 1. The van der Waals surface area contributed by atoms with E-state index in [0.29, 0.717) is 12.3 Å². The van der Waals surface area contributed by atoms with Crippen LogP contribution in [0, 0.1) is 6.92 Å². The van der Waals surface area contributed by atoms with Crippen molar-refractivity contribution < 1.29 is 9.21 Å². The van der Waals surface area contributed by atoms with Crippen LogP contribution in [0.1, 0.15) is 21.0 Å². The van der Waals surface area contributed by atoms with Crippen molar-refractivity contribution in [2.24, 2.45) is 0 Å². The van der Waals surface area contributed by atoms with E-state index in [9.17, 15) is 4.79 Å². The van der Waals surface area contributed by atoms with Crippen LogP contribution in [0.3, 0.4) is 0 Å². The molecule has 0 spiro atoms. The van der Waals surface area contributed by atoms with Crippen molar-refractivity contribution in [3.63, 3.8) is 0 Å². The van der Waals surface area contributed by atoms with Crippen LogP contribution in [-0.4, -0.2) is 17.9 Å². The van der Waals surface area contributed by atoms with Crippen LogP contribution in [0.2, 0.25) is 0 Å². The average molecular weight is 364 g/mol. The van der Waals surface area contributed by atoms with Crippen molar-refractivity contribution in [2.45, 2.75) is 13.5 Å². The molecular formula is C16H14BrNO2S. The summed E-state index contributed by atoms with van der Waals surface area (Å²) in [5, 5.41) is 2.98. The van der Waals surface area contributed by atoms with Gasteiger partial charge in [-0.1, -0.05) is 11.6 Å². The number of rotatable bonds is 3. The number of amides is 1. The molecule has 0 unspecified atom stereocenters. The summed E-state index contributed by atoms with van der Waals surface area (Å²) in [7, 11) is 1.79. The zero-order chi connectivity index (χ0) is 15.0. The van der Waals surface area contributed by atoms with Crippen LogP contribution in [0.5, 0.6) is 0 Å². The second-order valence-corrected chi connectivity index (χ2v) is 6.96. The molecule has 0 radical (unpaired) electrons. The minimum atomic E-state index is -0.103. The number of thiophene rings is 1. The molecule has 0 N–H and O–H groups in total. The van der Waals surface area contributed by atoms with Gasteiger partial charge in [0.25, 0.3) is 5.91 Å². The molecule has 3 rings (SSSR count). The first-order valence-electron chi connectivity index (χ1n) is 6.51. The van der Waals surface area contributed by atoms with E-state index in [4.69, 9.17) is 4.42 Å². The van der Waals surface area contributed by atoms with Crippen molar-refractivity contribution in [3.8, 4) is 0 Å². The number of hydrogen-bond acceptors (Lipinski definition) is 3. The number of carbonyl (C=O) groups excluding carboxylic acids is 1. The second-order valence-electron chi connectivity index (χ2n) is 5.04. The maximum Gasteiger partial charge on any atom is 0.289 e. The molecule has 3 nitrogen and oxygen atoms in total. The Kier molecular flexibility index (Phi) is 3.87. The fraction of sp³-hybridized carbons (Fsp3) is 0.188. The number of hydrogen-bond donors (Lipinski definition) is 0. The minimum Gasteiger partial charge on any atom is -0.451 e. The van der Waals surface area contributed by atoms with Crippen molar-refractivity contribution in [1.29, 1.82) is 0 Å². The Morgan fingerprint density at radius 1 is 1.33 bits per heavy atom. The van der Waals surface area contributed by atoms with E-state index in [1.165, 1.54) is 0 Å². The third-order valence-corrected chi connectivity index (χ3v) is 4.93. The zero-order valence-electron chi connectivity index (χ0n) is 11.7. The first-order chi connectivity index (χ1) is 10.0. The Morgan fingerprint density at radius 2 is 2.14 bits per heavy atom. The van der Waals surface area contributed by atoms with Crippen molar-refractivity contribution >= 4 is 44.1 Å². The zero-order valence-corrected chi connectivity index (χ0v) is 14.1. The van der Waals surface area contributed by atoms with Gasteiger partial charge in [-0.25, -0.2) is 0 Å². The normalized spacial score (nSPS) is 11.0. The van der Waals surface area contributed by atoms with E-state index < -0.39 is 0 Å². The summed E-state index contributed by atoms with van der Waals surface area (Å²) in [5.74, 6) is 0.280. The lowest BCUT2D eigenvalue weighted by Gasteiger charge is -2.14. The predicted octanol–water partition coefficient (Wildman–Crippen LogP) is 4.84. The standard InChI is InChI=1S/C16H14BrNO2S/c1-10-3-4-14-11(5-10)6-15(20-14)16(19)18(2)8-13-7-12(17)9-21-13/h3-7,9H,8H2,1-2H3. The quantitative estimate of drug-likeness (QED) is 0.667. The fourth-order valence-electron chi connectivity index (χ4n) is 2.20. The molecule has 0 atom stereocenters. The van der Waals surface area contributed by atoms with E-state index in [0.717, 1.165) is 25.9 Å². The van der Waals surface area contributed by atoms with Crippen LogP contribution in [-0.2, 0) is 6.54 Å². The summed E-state index contributed by atoms with van der Waals surface area (Å²) in [4.78, 5) is 15.2. The van der Waals surface area contributed by atoms with Crippen LogP contribution in [0.15, 0.2) is 44.6 Å². The van der Waals surface area contributed by atoms with E-state index in [1.54, 1.807) is 23.3 Å². The summed E-state index contributed by atoms with van der Waals surface area (Å²) < 4.78 is 6.70. The summed E-state index contributed by atoms with van der Waals surface area (Å²) in [6.45, 7) is 2.60. The van der Waals surface area contributed by atoms with E-state index in [2.05, 4.69) is 15.9 Å². The largest absolute Gasteiger partial charge is 0.451 e. The van der Waals surface area contributed by atoms with Crippen LogP contribution < -0.4 is 0 Å². The number of carbonyl (C=O) groups is 1. The van der Waals surface area contributed by atoms with Crippen molar-refractivity contribution in [2.75, 3.05) is 7.05 Å². The highest BCUT2D eigenvalue weighted by Gasteiger charge is 2.17. The Bertz CT molecular complexity index is 806. The van der Waals surface area contributed by atoms with Gasteiger partial charge in [-0.05, 0) is 47.1 Å². The Labute approximate surface area is 135 Å². The third kappa shape index (κ3) is 3.04. The van der Waals surface area contributed by atoms with Gasteiger partial charge in [-0.3, -0.25) is 4.79 Å². The van der Waals surface area contributed by atoms with Crippen LogP contribution in [0.25, 0.3) is 11.0 Å². The molecule has 0 saturated heterocycles. The smallest absolute Gasteiger partial charge is 0.289 e. The van der Waals surface area contributed by atoms with Crippen LogP contribution in [0.4, 0.5) is 0 Å². The second kappa shape index (κ2) is 5.66. The number of fused-ring (bicyclic) bond motifs is 1. The lowest BCUT2D eigenvalue weighted by Crippen LogP contribution is -2.25. The molecule has 0 aliphatic carbocycles. The third-order valence-electron chi connectivity index (χ3n) is 3.24. The molecule has 0 aliphatic heterocycles. The molecule has 5 heteroatoms. The molecular weight excluding hydrogens is 350 g/mol. The summed E-state index contributed by atoms with van der Waals surface area (Å²) >= 11 is 5.05. The maximum absolute atomic E-state index is 12.4. The summed E-state index contributed by atoms with van der Waals surface area (Å²) in [6.07, 6.45) is 0. The van der Waals surface area contributed by atoms with Gasteiger partial charge in [-0.15, -0.1) is 11.3 Å². The van der Waals surface area contributed by atoms with Gasteiger partial charge in [0.15, 0.2) is 5.76 Å². The summed E-state index contributed by atoms with van der Waals surface area (Å²) in [6, 6.07) is 9.73. The lowest BCUT2D eigenvalue weighted by molar-refractivity contribution is 0.0757. The molecule has 21 heavy (non-hydrogen) atoms. The highest BCUT2D eigenvalue weighted by Crippen LogP contribution is 2.24. The fourth-order valence-corrected chi connectivity index (χ4v) is 3.70. The van der Waals surface area contributed by atoms with E-state index in [-0.39, 0.29) is 5.91 Å². The first kappa shape index (κ1) is 14.4. The molecule has 0 aliphatic rings. The SMILES string of the molecule is Cc1ccc2oc(C(=O)N(C)Cc3cc(Br)cs3)cc2c1. The topological polar surface area (TPSA) is 33.5 Å². The van der Waals surface area contributed by atoms with Gasteiger partial charge >= 0.3 is 0 Å². The first-order valence-corrected chi connectivity index (χ1v) is 8.19. The highest BCUT2D eigenvalue weighted by atomic mass is 79.9. The molecule has 108 valence electrons. The van der Waals surface area contributed by atoms with Gasteiger partial charge in [0.2, 0.25) is 0 Å². The van der Waals surface area contributed by atoms with Crippen molar-refractivity contribution in [1.82, 2.24) is 4.90 Å². The number of nitrogens with zero attached hydrogens (tertiary/aromatic N) is 1. The van der Waals surface area contributed by atoms with Crippen LogP contribution >= 0.6 is 27.3 Å². The Morgan fingerprint density at radius 3 is 2.86 bits per heavy atom. The van der Waals surface area contributed by atoms with E-state index in [1.807, 2.05) is 42.6 Å². The molecule has 0 fully saturated rings. The van der Waals surface area contributed by atoms with E-state index >= 15 is 0 Å². The van der Waals surface area contributed by atoms with Gasteiger partial charge in [0.1, 0.15) is 5.58 Å². The Hall–Kier alpha value is -1.59. The monoisotopic (exact) mass is 363 g/mol. The van der Waals surface area contributed by atoms with Crippen molar-refractivity contribution in [3.05, 3.63) is 56.4 Å². The number of benzene rings is 1. The molecule has 3 aromatic rings. The van der Waals surface area contributed by atoms with Gasteiger partial charge in [-0.2, -0.15) is 0 Å². The molecule has 2 heterocycles. The van der Waals surface area contributed by atoms with Gasteiger partial charge in [0, 0.05) is 27.2 Å². The minimum absolute atomic E-state index is 0.103. The molecule has 1 amide bonds. The molecule has 0 saturated carbocycles. The molecule has 1 aromatic carbocycles. The summed E-state index contributed by atoms with van der Waals surface area (Å²) in [5.41, 5.74) is 1.90. The maximum atomic E-state index is 12.4. The number of halogens is 1. The Balaban J connectivity index is 1.82.